The van der Waals surface area contributed by atoms with Crippen LogP contribution in [-0.2, 0) is 11.2 Å². The number of rotatable bonds is 9. The van der Waals surface area contributed by atoms with Crippen LogP contribution < -0.4 is 14.8 Å². The van der Waals surface area contributed by atoms with Crippen LogP contribution in [0.4, 0.5) is 0 Å². The Kier molecular flexibility index (Phi) is 6.21. The SMILES string of the molecule is COc1cccc(OCCNC(=O)CCc2nc(-c3ccsc3)no2)c1. The fraction of sp³-hybridized carbons (Fsp3) is 0.278. The van der Waals surface area contributed by atoms with Crippen LogP contribution in [0.5, 0.6) is 11.5 Å². The van der Waals surface area contributed by atoms with E-state index < -0.39 is 0 Å². The zero-order chi connectivity index (χ0) is 18.2. The maximum absolute atomic E-state index is 11.9. The van der Waals surface area contributed by atoms with Crippen molar-refractivity contribution in [3.8, 4) is 22.9 Å². The Labute approximate surface area is 154 Å². The van der Waals surface area contributed by atoms with Gasteiger partial charge in [-0.25, -0.2) is 0 Å². The smallest absolute Gasteiger partial charge is 0.227 e. The molecule has 0 saturated carbocycles. The first kappa shape index (κ1) is 17.9. The Morgan fingerprint density at radius 1 is 1.31 bits per heavy atom. The van der Waals surface area contributed by atoms with E-state index in [4.69, 9.17) is 14.0 Å². The molecule has 0 saturated heterocycles. The highest BCUT2D eigenvalue weighted by atomic mass is 32.1. The Hall–Kier alpha value is -2.87. The number of benzene rings is 1. The lowest BCUT2D eigenvalue weighted by atomic mass is 10.3. The third-order valence-corrected chi connectivity index (χ3v) is 4.23. The molecule has 1 N–H and O–H groups in total. The number of carbonyl (C=O) groups is 1. The number of hydrogen-bond acceptors (Lipinski definition) is 7. The highest BCUT2D eigenvalue weighted by Crippen LogP contribution is 2.19. The predicted octanol–water partition coefficient (Wildman–Crippen LogP) is 2.93. The van der Waals surface area contributed by atoms with E-state index in [1.54, 1.807) is 24.5 Å². The van der Waals surface area contributed by atoms with Gasteiger partial charge in [-0.2, -0.15) is 16.3 Å². The summed E-state index contributed by atoms with van der Waals surface area (Å²) in [6.45, 7) is 0.793. The lowest BCUT2D eigenvalue weighted by Gasteiger charge is -2.08. The number of ether oxygens (including phenoxy) is 2. The van der Waals surface area contributed by atoms with Crippen molar-refractivity contribution in [2.45, 2.75) is 12.8 Å². The van der Waals surface area contributed by atoms with Crippen LogP contribution >= 0.6 is 11.3 Å². The third-order valence-electron chi connectivity index (χ3n) is 3.55. The van der Waals surface area contributed by atoms with Gasteiger partial charge in [0.25, 0.3) is 0 Å². The highest BCUT2D eigenvalue weighted by Gasteiger charge is 2.10. The molecule has 0 spiro atoms. The van der Waals surface area contributed by atoms with Crippen molar-refractivity contribution in [1.29, 1.82) is 0 Å². The molecule has 1 amide bonds. The first-order valence-electron chi connectivity index (χ1n) is 8.13. The molecule has 2 heterocycles. The molecular weight excluding hydrogens is 354 g/mol. The Morgan fingerprint density at radius 2 is 2.19 bits per heavy atom. The van der Waals surface area contributed by atoms with Crippen molar-refractivity contribution in [1.82, 2.24) is 15.5 Å². The van der Waals surface area contributed by atoms with Crippen LogP contribution in [0.25, 0.3) is 11.4 Å². The summed E-state index contributed by atoms with van der Waals surface area (Å²) in [5.41, 5.74) is 0.921. The van der Waals surface area contributed by atoms with Gasteiger partial charge in [0, 0.05) is 29.9 Å². The zero-order valence-corrected chi connectivity index (χ0v) is 15.1. The molecule has 0 atom stereocenters. The topological polar surface area (TPSA) is 86.5 Å². The molecule has 0 radical (unpaired) electrons. The minimum Gasteiger partial charge on any atom is -0.497 e. The number of carbonyl (C=O) groups excluding carboxylic acids is 1. The first-order chi connectivity index (χ1) is 12.7. The van der Waals surface area contributed by atoms with Gasteiger partial charge in [0.2, 0.25) is 17.6 Å². The van der Waals surface area contributed by atoms with Crippen molar-refractivity contribution in [2.75, 3.05) is 20.3 Å². The lowest BCUT2D eigenvalue weighted by molar-refractivity contribution is -0.121. The van der Waals surface area contributed by atoms with Crippen molar-refractivity contribution >= 4 is 17.2 Å². The molecule has 3 rings (SSSR count). The lowest BCUT2D eigenvalue weighted by Crippen LogP contribution is -2.28. The number of thiophene rings is 1. The van der Waals surface area contributed by atoms with E-state index in [1.807, 2.05) is 35.0 Å². The molecule has 3 aromatic rings. The van der Waals surface area contributed by atoms with Crippen LogP contribution in [0.2, 0.25) is 0 Å². The van der Waals surface area contributed by atoms with E-state index in [2.05, 4.69) is 15.5 Å². The van der Waals surface area contributed by atoms with Crippen LogP contribution in [-0.4, -0.2) is 36.3 Å². The summed E-state index contributed by atoms with van der Waals surface area (Å²) in [4.78, 5) is 16.2. The monoisotopic (exact) mass is 373 g/mol. The van der Waals surface area contributed by atoms with E-state index in [0.717, 1.165) is 11.3 Å². The third kappa shape index (κ3) is 5.06. The number of amides is 1. The molecule has 0 unspecified atom stereocenters. The Morgan fingerprint density at radius 3 is 3.00 bits per heavy atom. The molecule has 0 fully saturated rings. The number of methoxy groups -OCH3 is 1. The Balaban J connectivity index is 1.35. The van der Waals surface area contributed by atoms with Gasteiger partial charge in [-0.05, 0) is 23.6 Å². The summed E-state index contributed by atoms with van der Waals surface area (Å²) < 4.78 is 15.9. The average Bonchev–Trinajstić information content (AvgIpc) is 3.35. The van der Waals surface area contributed by atoms with Gasteiger partial charge in [-0.15, -0.1) is 0 Å². The molecule has 136 valence electrons. The minimum absolute atomic E-state index is 0.0884. The molecule has 0 bridgehead atoms. The maximum Gasteiger partial charge on any atom is 0.227 e. The zero-order valence-electron chi connectivity index (χ0n) is 14.3. The predicted molar refractivity (Wildman–Crippen MR) is 97.4 cm³/mol. The van der Waals surface area contributed by atoms with Crippen LogP contribution in [0.15, 0.2) is 45.6 Å². The second-order valence-corrected chi connectivity index (χ2v) is 6.18. The summed E-state index contributed by atoms with van der Waals surface area (Å²) in [5.74, 6) is 2.34. The fourth-order valence-corrected chi connectivity index (χ4v) is 2.86. The van der Waals surface area contributed by atoms with E-state index in [-0.39, 0.29) is 12.3 Å². The van der Waals surface area contributed by atoms with E-state index >= 15 is 0 Å². The van der Waals surface area contributed by atoms with Crippen molar-refractivity contribution < 1.29 is 18.8 Å². The molecule has 7 nitrogen and oxygen atoms in total. The van der Waals surface area contributed by atoms with Gasteiger partial charge in [0.15, 0.2) is 0 Å². The summed E-state index contributed by atoms with van der Waals surface area (Å²) >= 11 is 1.57. The highest BCUT2D eigenvalue weighted by molar-refractivity contribution is 7.08. The number of aryl methyl sites for hydroxylation is 1. The van der Waals surface area contributed by atoms with Gasteiger partial charge in [0.1, 0.15) is 18.1 Å². The molecule has 0 aliphatic rings. The van der Waals surface area contributed by atoms with E-state index in [9.17, 15) is 4.79 Å². The van der Waals surface area contributed by atoms with E-state index in [0.29, 0.717) is 37.0 Å². The number of aromatic nitrogens is 2. The molecule has 26 heavy (non-hydrogen) atoms. The summed E-state index contributed by atoms with van der Waals surface area (Å²) in [6.07, 6.45) is 0.685. The summed E-state index contributed by atoms with van der Waals surface area (Å²) in [6, 6.07) is 9.25. The van der Waals surface area contributed by atoms with E-state index in [1.165, 1.54) is 0 Å². The van der Waals surface area contributed by atoms with Gasteiger partial charge in [0.05, 0.1) is 13.7 Å². The number of nitrogens with zero attached hydrogens (tertiary/aromatic N) is 2. The van der Waals surface area contributed by atoms with Crippen LogP contribution in [0, 0.1) is 0 Å². The molecule has 8 heteroatoms. The normalized spacial score (nSPS) is 10.5. The van der Waals surface area contributed by atoms with Crippen LogP contribution in [0.1, 0.15) is 12.3 Å². The second-order valence-electron chi connectivity index (χ2n) is 5.40. The van der Waals surface area contributed by atoms with Crippen molar-refractivity contribution in [2.24, 2.45) is 0 Å². The molecule has 0 aliphatic heterocycles. The quantitative estimate of drug-likeness (QED) is 0.581. The second kappa shape index (κ2) is 9.00. The molecule has 2 aromatic heterocycles. The molecule has 1 aromatic carbocycles. The van der Waals surface area contributed by atoms with Crippen LogP contribution in [0.3, 0.4) is 0 Å². The standard InChI is InChI=1S/C18H19N3O4S/c1-23-14-3-2-4-15(11-14)24-9-8-19-16(22)5-6-17-20-18(21-25-17)13-7-10-26-12-13/h2-4,7,10-12H,5-6,8-9H2,1H3,(H,19,22). The van der Waals surface area contributed by atoms with Crippen molar-refractivity contribution in [3.05, 3.63) is 47.0 Å². The average molecular weight is 373 g/mol. The number of hydrogen-bond donors (Lipinski definition) is 1. The van der Waals surface area contributed by atoms with Gasteiger partial charge < -0.3 is 19.3 Å². The maximum atomic E-state index is 11.9. The number of nitrogens with one attached hydrogen (secondary N) is 1. The molecule has 0 aliphatic carbocycles. The molecular formula is C18H19N3O4S. The van der Waals surface area contributed by atoms with Gasteiger partial charge >= 0.3 is 0 Å². The first-order valence-corrected chi connectivity index (χ1v) is 9.07. The van der Waals surface area contributed by atoms with Gasteiger partial charge in [-0.3, -0.25) is 4.79 Å². The summed E-state index contributed by atoms with van der Waals surface area (Å²) in [7, 11) is 1.60. The van der Waals surface area contributed by atoms with Crippen molar-refractivity contribution in [3.63, 3.8) is 0 Å². The summed E-state index contributed by atoms with van der Waals surface area (Å²) in [5, 5.41) is 10.6. The Bertz CT molecular complexity index is 833. The van der Waals surface area contributed by atoms with Gasteiger partial charge in [-0.1, -0.05) is 11.2 Å². The fourth-order valence-electron chi connectivity index (χ4n) is 2.22. The minimum atomic E-state index is -0.0884. The largest absolute Gasteiger partial charge is 0.497 e.